The summed E-state index contributed by atoms with van der Waals surface area (Å²) < 4.78 is 43.9. The van der Waals surface area contributed by atoms with E-state index in [0.29, 0.717) is 18.1 Å². The van der Waals surface area contributed by atoms with Gasteiger partial charge in [0.1, 0.15) is 23.1 Å². The normalized spacial score (nSPS) is 11.3. The summed E-state index contributed by atoms with van der Waals surface area (Å²) in [6.07, 6.45) is 0.870. The summed E-state index contributed by atoms with van der Waals surface area (Å²) >= 11 is 1.22. The molecular formula is C18H16F3N3O3S. The second kappa shape index (κ2) is 8.11. The molecule has 2 aromatic heterocycles. The zero-order valence-corrected chi connectivity index (χ0v) is 15.6. The zero-order chi connectivity index (χ0) is 20.4. The molecule has 148 valence electrons. The van der Waals surface area contributed by atoms with Crippen molar-refractivity contribution < 1.29 is 23.1 Å². The van der Waals surface area contributed by atoms with Gasteiger partial charge in [-0.3, -0.25) is 4.79 Å². The van der Waals surface area contributed by atoms with E-state index in [1.54, 1.807) is 0 Å². The molecule has 2 heterocycles. The Morgan fingerprint density at radius 1 is 1.39 bits per heavy atom. The first-order valence-electron chi connectivity index (χ1n) is 8.38. The van der Waals surface area contributed by atoms with Crippen molar-refractivity contribution in [1.82, 2.24) is 14.9 Å². The summed E-state index contributed by atoms with van der Waals surface area (Å²) in [5.74, 6) is -3.69. The van der Waals surface area contributed by atoms with E-state index in [4.69, 9.17) is 5.11 Å². The first kappa shape index (κ1) is 20.0. The number of carboxylic acid groups (broad SMARTS) is 1. The molecule has 0 aliphatic heterocycles. The maximum absolute atomic E-state index is 15.3. The molecule has 0 saturated heterocycles. The van der Waals surface area contributed by atoms with Crippen LogP contribution in [0.25, 0.3) is 22.2 Å². The number of fused-ring (bicyclic) bond motifs is 1. The Bertz CT molecular complexity index is 1110. The standard InChI is InChI=1S/C18H16F3N3O3S/c1-2-22-6-13-23-12(8-28-13)14-11(20)5-9-16(15(14)21)24(4-3-19)7-10(17(9)25)18(26)27/h5,7-8,22H,2-4,6H2,1H3,(H,26,27). The predicted molar refractivity (Wildman–Crippen MR) is 99.5 cm³/mol. The number of thiazole rings is 1. The first-order chi connectivity index (χ1) is 13.4. The van der Waals surface area contributed by atoms with Gasteiger partial charge in [-0.2, -0.15) is 0 Å². The summed E-state index contributed by atoms with van der Waals surface area (Å²) in [7, 11) is 0. The van der Waals surface area contributed by atoms with Gasteiger partial charge in [0, 0.05) is 18.1 Å². The number of halogens is 3. The number of alkyl halides is 1. The number of pyridine rings is 1. The Morgan fingerprint density at radius 3 is 2.79 bits per heavy atom. The lowest BCUT2D eigenvalue weighted by Crippen LogP contribution is -2.20. The Labute approximate surface area is 161 Å². The van der Waals surface area contributed by atoms with Crippen molar-refractivity contribution in [3.63, 3.8) is 0 Å². The monoisotopic (exact) mass is 411 g/mol. The van der Waals surface area contributed by atoms with Gasteiger partial charge in [-0.05, 0) is 12.6 Å². The molecule has 0 bridgehead atoms. The lowest BCUT2D eigenvalue weighted by molar-refractivity contribution is 0.0694. The number of carboxylic acids is 1. The average Bonchev–Trinajstić information content (AvgIpc) is 3.10. The molecule has 0 fully saturated rings. The Balaban J connectivity index is 2.28. The number of benzene rings is 1. The minimum Gasteiger partial charge on any atom is -0.477 e. The van der Waals surface area contributed by atoms with Crippen molar-refractivity contribution in [3.05, 3.63) is 50.1 Å². The number of hydrogen-bond acceptors (Lipinski definition) is 5. The summed E-state index contributed by atoms with van der Waals surface area (Å²) in [5, 5.41) is 13.9. The molecule has 0 saturated carbocycles. The van der Waals surface area contributed by atoms with Gasteiger partial charge in [0.2, 0.25) is 5.43 Å². The van der Waals surface area contributed by atoms with E-state index in [0.717, 1.165) is 16.8 Å². The van der Waals surface area contributed by atoms with Crippen molar-refractivity contribution in [2.75, 3.05) is 13.2 Å². The number of nitrogens with zero attached hydrogens (tertiary/aromatic N) is 2. The van der Waals surface area contributed by atoms with Crippen molar-refractivity contribution in [2.45, 2.75) is 20.0 Å². The molecule has 2 N–H and O–H groups in total. The number of rotatable bonds is 7. The summed E-state index contributed by atoms with van der Waals surface area (Å²) in [5.41, 5.74) is -2.47. The van der Waals surface area contributed by atoms with E-state index >= 15 is 4.39 Å². The highest BCUT2D eigenvalue weighted by molar-refractivity contribution is 7.09. The largest absolute Gasteiger partial charge is 0.477 e. The Morgan fingerprint density at radius 2 is 2.14 bits per heavy atom. The van der Waals surface area contributed by atoms with Crippen LogP contribution in [0.1, 0.15) is 22.3 Å². The van der Waals surface area contributed by atoms with Gasteiger partial charge in [0.25, 0.3) is 0 Å². The molecule has 3 rings (SSSR count). The molecule has 0 aliphatic carbocycles. The van der Waals surface area contributed by atoms with Gasteiger partial charge < -0.3 is 15.0 Å². The van der Waals surface area contributed by atoms with Gasteiger partial charge in [-0.15, -0.1) is 11.3 Å². The van der Waals surface area contributed by atoms with Crippen LogP contribution >= 0.6 is 11.3 Å². The number of aromatic carboxylic acids is 1. The third-order valence-corrected chi connectivity index (χ3v) is 4.99. The highest BCUT2D eigenvalue weighted by atomic mass is 32.1. The number of hydrogen-bond donors (Lipinski definition) is 2. The number of aryl methyl sites for hydroxylation is 1. The molecule has 0 atom stereocenters. The Kier molecular flexibility index (Phi) is 5.80. The van der Waals surface area contributed by atoms with E-state index < -0.39 is 46.2 Å². The van der Waals surface area contributed by atoms with Gasteiger partial charge in [-0.25, -0.2) is 22.9 Å². The minimum atomic E-state index is -1.56. The van der Waals surface area contributed by atoms with Gasteiger partial charge >= 0.3 is 5.97 Å². The van der Waals surface area contributed by atoms with E-state index in [1.807, 2.05) is 6.92 Å². The van der Waals surface area contributed by atoms with E-state index in [1.165, 1.54) is 16.7 Å². The molecule has 0 amide bonds. The molecule has 1 aromatic carbocycles. The van der Waals surface area contributed by atoms with Crippen LogP contribution < -0.4 is 10.7 Å². The molecule has 0 radical (unpaired) electrons. The van der Waals surface area contributed by atoms with Crippen molar-refractivity contribution in [2.24, 2.45) is 0 Å². The molecule has 10 heteroatoms. The molecular weight excluding hydrogens is 395 g/mol. The first-order valence-corrected chi connectivity index (χ1v) is 9.26. The highest BCUT2D eigenvalue weighted by Gasteiger charge is 2.24. The summed E-state index contributed by atoms with van der Waals surface area (Å²) in [6, 6.07) is 0.778. The predicted octanol–water partition coefficient (Wildman–Crippen LogP) is 3.18. The maximum Gasteiger partial charge on any atom is 0.341 e. The van der Waals surface area contributed by atoms with Gasteiger partial charge in [0.15, 0.2) is 5.82 Å². The molecule has 0 unspecified atom stereocenters. The van der Waals surface area contributed by atoms with Crippen LogP contribution in [0, 0.1) is 11.6 Å². The van der Waals surface area contributed by atoms with Crippen LogP contribution in [0.15, 0.2) is 22.4 Å². The van der Waals surface area contributed by atoms with Crippen LogP contribution in [0.2, 0.25) is 0 Å². The average molecular weight is 411 g/mol. The fourth-order valence-corrected chi connectivity index (χ4v) is 3.63. The Hall–Kier alpha value is -2.72. The van der Waals surface area contributed by atoms with Crippen molar-refractivity contribution >= 4 is 28.2 Å². The fraction of sp³-hybridized carbons (Fsp3) is 0.278. The number of carbonyl (C=O) groups is 1. The van der Waals surface area contributed by atoms with Gasteiger partial charge in [-0.1, -0.05) is 6.92 Å². The van der Waals surface area contributed by atoms with Crippen molar-refractivity contribution in [1.29, 1.82) is 0 Å². The van der Waals surface area contributed by atoms with Crippen molar-refractivity contribution in [3.8, 4) is 11.3 Å². The SMILES string of the molecule is CCNCc1nc(-c2c(F)cc3c(=O)c(C(=O)O)cn(CCF)c3c2F)cs1. The quantitative estimate of drug-likeness (QED) is 0.624. The smallest absolute Gasteiger partial charge is 0.341 e. The van der Waals surface area contributed by atoms with Crippen LogP contribution in [-0.4, -0.2) is 33.8 Å². The topological polar surface area (TPSA) is 84.2 Å². The molecule has 0 aliphatic rings. The maximum atomic E-state index is 15.3. The van der Waals surface area contributed by atoms with E-state index in [-0.39, 0.29) is 17.8 Å². The third-order valence-electron chi connectivity index (χ3n) is 4.14. The second-order valence-electron chi connectivity index (χ2n) is 5.91. The minimum absolute atomic E-state index is 0.0522. The summed E-state index contributed by atoms with van der Waals surface area (Å²) in [4.78, 5) is 27.8. The molecule has 6 nitrogen and oxygen atoms in total. The summed E-state index contributed by atoms with van der Waals surface area (Å²) in [6.45, 7) is 1.74. The lowest BCUT2D eigenvalue weighted by Gasteiger charge is -2.14. The molecule has 0 spiro atoms. The van der Waals surface area contributed by atoms with Crippen LogP contribution in [0.5, 0.6) is 0 Å². The lowest BCUT2D eigenvalue weighted by atomic mass is 10.0. The fourth-order valence-electron chi connectivity index (χ4n) is 2.88. The number of aromatic nitrogens is 2. The van der Waals surface area contributed by atoms with E-state index in [2.05, 4.69) is 10.3 Å². The molecule has 3 aromatic rings. The number of nitrogens with one attached hydrogen (secondary N) is 1. The molecule has 28 heavy (non-hydrogen) atoms. The van der Waals surface area contributed by atoms with Gasteiger partial charge in [0.05, 0.1) is 28.7 Å². The zero-order valence-electron chi connectivity index (χ0n) is 14.8. The van der Waals surface area contributed by atoms with E-state index in [9.17, 15) is 18.4 Å². The third kappa shape index (κ3) is 3.52. The van der Waals surface area contributed by atoms with Crippen LogP contribution in [0.4, 0.5) is 13.2 Å². The second-order valence-corrected chi connectivity index (χ2v) is 6.85. The van der Waals surface area contributed by atoms with Crippen LogP contribution in [-0.2, 0) is 13.1 Å². The highest BCUT2D eigenvalue weighted by Crippen LogP contribution is 2.32. The van der Waals surface area contributed by atoms with Crippen LogP contribution in [0.3, 0.4) is 0 Å².